The van der Waals surface area contributed by atoms with E-state index in [-0.39, 0.29) is 11.2 Å². The standard InChI is InChI=1S/C18H18N2O2S/c1-11-8-9-14(10-12(11)2)19-17(21)13(3)23-18-20-15-6-4-5-7-16(15)22-18/h4-10,13H,1-3H3,(H,19,21). The van der Waals surface area contributed by atoms with Gasteiger partial charge in [-0.25, -0.2) is 4.98 Å². The summed E-state index contributed by atoms with van der Waals surface area (Å²) in [6.07, 6.45) is 0. The number of para-hydroxylation sites is 2. The van der Waals surface area contributed by atoms with E-state index in [4.69, 9.17) is 4.42 Å². The van der Waals surface area contributed by atoms with Crippen LogP contribution in [0.15, 0.2) is 52.1 Å². The fourth-order valence-electron chi connectivity index (χ4n) is 2.17. The molecule has 118 valence electrons. The number of oxazole rings is 1. The first-order valence-electron chi connectivity index (χ1n) is 7.43. The highest BCUT2D eigenvalue weighted by Gasteiger charge is 2.18. The van der Waals surface area contributed by atoms with Crippen molar-refractivity contribution in [2.75, 3.05) is 5.32 Å². The monoisotopic (exact) mass is 326 g/mol. The number of thioether (sulfide) groups is 1. The van der Waals surface area contributed by atoms with Gasteiger partial charge in [0.2, 0.25) is 5.91 Å². The van der Waals surface area contributed by atoms with E-state index in [0.29, 0.717) is 5.22 Å². The second kappa shape index (κ2) is 6.46. The number of anilines is 1. The first-order valence-corrected chi connectivity index (χ1v) is 8.31. The van der Waals surface area contributed by atoms with Gasteiger partial charge < -0.3 is 9.73 Å². The molecule has 3 rings (SSSR count). The van der Waals surface area contributed by atoms with Crippen LogP contribution in [0.25, 0.3) is 11.1 Å². The minimum atomic E-state index is -0.301. The molecule has 0 aliphatic carbocycles. The molecular formula is C18H18N2O2S. The second-order valence-electron chi connectivity index (χ2n) is 5.50. The van der Waals surface area contributed by atoms with Crippen LogP contribution in [0.4, 0.5) is 5.69 Å². The average Bonchev–Trinajstić information content (AvgIpc) is 2.93. The van der Waals surface area contributed by atoms with Crippen molar-refractivity contribution >= 4 is 34.5 Å². The molecule has 0 aliphatic heterocycles. The Labute approximate surface area is 139 Å². The summed E-state index contributed by atoms with van der Waals surface area (Å²) in [4.78, 5) is 16.7. The van der Waals surface area contributed by atoms with Crippen LogP contribution in [-0.4, -0.2) is 16.1 Å². The van der Waals surface area contributed by atoms with E-state index in [0.717, 1.165) is 22.4 Å². The average molecular weight is 326 g/mol. The molecule has 1 unspecified atom stereocenters. The summed E-state index contributed by atoms with van der Waals surface area (Å²) in [7, 11) is 0. The highest BCUT2D eigenvalue weighted by atomic mass is 32.2. The molecule has 1 heterocycles. The van der Waals surface area contributed by atoms with Gasteiger partial charge in [0, 0.05) is 5.69 Å². The van der Waals surface area contributed by atoms with E-state index in [9.17, 15) is 4.79 Å². The lowest BCUT2D eigenvalue weighted by atomic mass is 10.1. The zero-order valence-electron chi connectivity index (χ0n) is 13.3. The van der Waals surface area contributed by atoms with Crippen molar-refractivity contribution in [3.05, 3.63) is 53.6 Å². The van der Waals surface area contributed by atoms with Gasteiger partial charge in [-0.2, -0.15) is 0 Å². The summed E-state index contributed by atoms with van der Waals surface area (Å²) in [5.41, 5.74) is 4.70. The van der Waals surface area contributed by atoms with Crippen LogP contribution in [0, 0.1) is 13.8 Å². The van der Waals surface area contributed by atoms with Crippen LogP contribution >= 0.6 is 11.8 Å². The molecule has 0 saturated carbocycles. The molecule has 0 fully saturated rings. The molecule has 4 nitrogen and oxygen atoms in total. The lowest BCUT2D eigenvalue weighted by molar-refractivity contribution is -0.115. The predicted molar refractivity (Wildman–Crippen MR) is 93.9 cm³/mol. The maximum Gasteiger partial charge on any atom is 0.257 e. The smallest absolute Gasteiger partial charge is 0.257 e. The number of aromatic nitrogens is 1. The zero-order chi connectivity index (χ0) is 16.4. The van der Waals surface area contributed by atoms with Gasteiger partial charge in [-0.3, -0.25) is 4.79 Å². The van der Waals surface area contributed by atoms with Crippen LogP contribution in [-0.2, 0) is 4.79 Å². The van der Waals surface area contributed by atoms with Crippen LogP contribution in [0.3, 0.4) is 0 Å². The summed E-state index contributed by atoms with van der Waals surface area (Å²) < 4.78 is 5.65. The minimum absolute atomic E-state index is 0.0690. The van der Waals surface area contributed by atoms with Crippen LogP contribution in [0.2, 0.25) is 0 Å². The van der Waals surface area contributed by atoms with Crippen molar-refractivity contribution in [2.45, 2.75) is 31.2 Å². The highest BCUT2D eigenvalue weighted by Crippen LogP contribution is 2.27. The van der Waals surface area contributed by atoms with Crippen molar-refractivity contribution < 1.29 is 9.21 Å². The summed E-state index contributed by atoms with van der Waals surface area (Å²) in [5.74, 6) is -0.0690. The van der Waals surface area contributed by atoms with Gasteiger partial charge in [-0.05, 0) is 56.2 Å². The number of nitrogens with zero attached hydrogens (tertiary/aromatic N) is 1. The molecule has 5 heteroatoms. The Balaban J connectivity index is 1.68. The Bertz CT molecular complexity index is 824. The van der Waals surface area contributed by atoms with E-state index in [2.05, 4.69) is 10.3 Å². The first kappa shape index (κ1) is 15.6. The normalized spacial score (nSPS) is 12.3. The van der Waals surface area contributed by atoms with Crippen molar-refractivity contribution in [3.63, 3.8) is 0 Å². The number of hydrogen-bond acceptors (Lipinski definition) is 4. The van der Waals surface area contributed by atoms with Crippen molar-refractivity contribution in [2.24, 2.45) is 0 Å². The van der Waals surface area contributed by atoms with E-state index >= 15 is 0 Å². The number of amides is 1. The molecule has 1 aromatic heterocycles. The summed E-state index contributed by atoms with van der Waals surface area (Å²) in [6.45, 7) is 5.92. The first-order chi connectivity index (χ1) is 11.0. The predicted octanol–water partition coefficient (Wildman–Crippen LogP) is 4.56. The third kappa shape index (κ3) is 3.56. The van der Waals surface area contributed by atoms with Gasteiger partial charge in [-0.1, -0.05) is 30.0 Å². The summed E-state index contributed by atoms with van der Waals surface area (Å²) in [5, 5.41) is 3.14. The number of carbonyl (C=O) groups is 1. The Morgan fingerprint density at radius 1 is 1.17 bits per heavy atom. The van der Waals surface area contributed by atoms with Crippen LogP contribution in [0.5, 0.6) is 0 Å². The van der Waals surface area contributed by atoms with E-state index in [1.165, 1.54) is 17.3 Å². The topological polar surface area (TPSA) is 55.1 Å². The lowest BCUT2D eigenvalue weighted by Crippen LogP contribution is -2.22. The molecule has 0 radical (unpaired) electrons. The molecule has 2 aromatic carbocycles. The molecular weight excluding hydrogens is 308 g/mol. The Morgan fingerprint density at radius 3 is 2.70 bits per heavy atom. The number of nitrogens with one attached hydrogen (secondary N) is 1. The number of rotatable bonds is 4. The minimum Gasteiger partial charge on any atom is -0.431 e. The van der Waals surface area contributed by atoms with E-state index < -0.39 is 0 Å². The summed E-state index contributed by atoms with van der Waals surface area (Å²) in [6, 6.07) is 13.5. The summed E-state index contributed by atoms with van der Waals surface area (Å²) >= 11 is 1.31. The van der Waals surface area contributed by atoms with Gasteiger partial charge in [0.1, 0.15) is 5.52 Å². The van der Waals surface area contributed by atoms with Gasteiger partial charge in [0.05, 0.1) is 5.25 Å². The molecule has 0 saturated heterocycles. The van der Waals surface area contributed by atoms with Gasteiger partial charge in [0.15, 0.2) is 5.58 Å². The molecule has 3 aromatic rings. The Kier molecular flexibility index (Phi) is 4.39. The fraction of sp³-hybridized carbons (Fsp3) is 0.222. The molecule has 0 bridgehead atoms. The second-order valence-corrected chi connectivity index (χ2v) is 6.79. The molecule has 1 amide bonds. The SMILES string of the molecule is Cc1ccc(NC(=O)C(C)Sc2nc3ccccc3o2)cc1C. The fourth-order valence-corrected chi connectivity index (χ4v) is 2.93. The number of carbonyl (C=O) groups excluding carboxylic acids is 1. The van der Waals surface area contributed by atoms with Crippen molar-refractivity contribution in [1.29, 1.82) is 0 Å². The van der Waals surface area contributed by atoms with Crippen LogP contribution < -0.4 is 5.32 Å². The molecule has 23 heavy (non-hydrogen) atoms. The third-order valence-electron chi connectivity index (χ3n) is 3.70. The van der Waals surface area contributed by atoms with Gasteiger partial charge in [0.25, 0.3) is 5.22 Å². The van der Waals surface area contributed by atoms with E-state index in [1.807, 2.05) is 63.2 Å². The third-order valence-corrected chi connectivity index (χ3v) is 4.64. The van der Waals surface area contributed by atoms with Crippen LogP contribution in [0.1, 0.15) is 18.1 Å². The quantitative estimate of drug-likeness (QED) is 0.714. The zero-order valence-corrected chi connectivity index (χ0v) is 14.1. The molecule has 1 atom stereocenters. The molecule has 0 spiro atoms. The number of fused-ring (bicyclic) bond motifs is 1. The van der Waals surface area contributed by atoms with Crippen molar-refractivity contribution in [3.8, 4) is 0 Å². The maximum atomic E-state index is 12.3. The van der Waals surface area contributed by atoms with Crippen molar-refractivity contribution in [1.82, 2.24) is 4.98 Å². The maximum absolute atomic E-state index is 12.3. The largest absolute Gasteiger partial charge is 0.431 e. The number of aryl methyl sites for hydroxylation is 2. The number of hydrogen-bond donors (Lipinski definition) is 1. The van der Waals surface area contributed by atoms with E-state index in [1.54, 1.807) is 0 Å². The molecule has 1 N–H and O–H groups in total. The Hall–Kier alpha value is -2.27. The van der Waals surface area contributed by atoms with Gasteiger partial charge >= 0.3 is 0 Å². The molecule has 0 aliphatic rings. The lowest BCUT2D eigenvalue weighted by Gasteiger charge is -2.11. The highest BCUT2D eigenvalue weighted by molar-refractivity contribution is 8.00. The van der Waals surface area contributed by atoms with Gasteiger partial charge in [-0.15, -0.1) is 0 Å². The Morgan fingerprint density at radius 2 is 1.96 bits per heavy atom. The number of benzene rings is 2.